The van der Waals surface area contributed by atoms with Crippen LogP contribution in [0.1, 0.15) is 6.92 Å². The summed E-state index contributed by atoms with van der Waals surface area (Å²) in [7, 11) is 2.86. The Balaban J connectivity index is 2.76. The summed E-state index contributed by atoms with van der Waals surface area (Å²) in [6, 6.07) is -0.805. The van der Waals surface area contributed by atoms with Crippen LogP contribution in [0, 0.1) is 0 Å². The summed E-state index contributed by atoms with van der Waals surface area (Å²) < 4.78 is 15.1. The summed E-state index contributed by atoms with van der Waals surface area (Å²) in [6.07, 6.45) is -3.67. The van der Waals surface area contributed by atoms with E-state index >= 15 is 0 Å². The van der Waals surface area contributed by atoms with Gasteiger partial charge in [0.05, 0.1) is 6.61 Å². The molecular weight excluding hydrogens is 230 g/mol. The Kier molecular flexibility index (Phi) is 5.29. The van der Waals surface area contributed by atoms with Gasteiger partial charge in [0, 0.05) is 21.1 Å². The molecule has 1 aliphatic heterocycles. The highest BCUT2D eigenvalue weighted by molar-refractivity contribution is 5.73. The molecule has 100 valence electrons. The zero-order chi connectivity index (χ0) is 13.0. The van der Waals surface area contributed by atoms with E-state index in [0.717, 1.165) is 0 Å². The summed E-state index contributed by atoms with van der Waals surface area (Å²) in [5, 5.41) is 22.2. The zero-order valence-corrected chi connectivity index (χ0v) is 10.1. The molecule has 0 aromatic carbocycles. The number of carbonyl (C=O) groups is 1. The number of aliphatic hydroxyl groups is 2. The van der Waals surface area contributed by atoms with Gasteiger partial charge in [0.15, 0.2) is 6.29 Å². The fraction of sp³-hybridized carbons (Fsp3) is 0.900. The van der Waals surface area contributed by atoms with Gasteiger partial charge in [0.1, 0.15) is 24.4 Å². The number of ether oxygens (including phenoxy) is 3. The van der Waals surface area contributed by atoms with Crippen molar-refractivity contribution in [3.63, 3.8) is 0 Å². The maximum Gasteiger partial charge on any atom is 0.217 e. The Morgan fingerprint density at radius 1 is 1.41 bits per heavy atom. The van der Waals surface area contributed by atoms with Crippen molar-refractivity contribution in [1.82, 2.24) is 5.32 Å². The molecule has 0 aromatic heterocycles. The Labute approximate surface area is 99.7 Å². The fourth-order valence-corrected chi connectivity index (χ4v) is 1.91. The molecule has 5 atom stereocenters. The number of carbonyl (C=O) groups excluding carboxylic acids is 1. The van der Waals surface area contributed by atoms with Crippen molar-refractivity contribution in [2.75, 3.05) is 20.8 Å². The average molecular weight is 249 g/mol. The standard InChI is InChI=1S/C10H19NO6/c1-5(12)11-7-9(16-3)8(13)6(4-15-2)17-10(7)14/h6-10,13-14H,4H2,1-3H3,(H,11,12)/t6-,7+,8+,9+,10-/m0/s1. The molecule has 0 aliphatic carbocycles. The van der Waals surface area contributed by atoms with Gasteiger partial charge >= 0.3 is 0 Å². The lowest BCUT2D eigenvalue weighted by atomic mass is 9.97. The Hall–Kier alpha value is -0.730. The summed E-state index contributed by atoms with van der Waals surface area (Å²) in [5.74, 6) is -0.336. The van der Waals surface area contributed by atoms with Crippen molar-refractivity contribution >= 4 is 5.91 Å². The van der Waals surface area contributed by atoms with E-state index in [9.17, 15) is 15.0 Å². The van der Waals surface area contributed by atoms with Crippen LogP contribution in [0.4, 0.5) is 0 Å². The second kappa shape index (κ2) is 6.27. The van der Waals surface area contributed by atoms with E-state index in [0.29, 0.717) is 0 Å². The fourth-order valence-electron chi connectivity index (χ4n) is 1.91. The number of aliphatic hydroxyl groups excluding tert-OH is 2. The van der Waals surface area contributed by atoms with Crippen molar-refractivity contribution in [1.29, 1.82) is 0 Å². The van der Waals surface area contributed by atoms with E-state index in [1.807, 2.05) is 0 Å². The van der Waals surface area contributed by atoms with Gasteiger partial charge in [-0.15, -0.1) is 0 Å². The first-order chi connectivity index (χ1) is 8.01. The van der Waals surface area contributed by atoms with E-state index in [-0.39, 0.29) is 12.5 Å². The molecule has 0 unspecified atom stereocenters. The van der Waals surface area contributed by atoms with Gasteiger partial charge in [-0.25, -0.2) is 0 Å². The van der Waals surface area contributed by atoms with Crippen molar-refractivity contribution in [2.24, 2.45) is 0 Å². The average Bonchev–Trinajstić information content (AvgIpc) is 2.25. The number of hydrogen-bond acceptors (Lipinski definition) is 6. The van der Waals surface area contributed by atoms with E-state index in [4.69, 9.17) is 14.2 Å². The molecule has 0 bridgehead atoms. The van der Waals surface area contributed by atoms with E-state index in [1.165, 1.54) is 21.1 Å². The minimum Gasteiger partial charge on any atom is -0.388 e. The highest BCUT2D eigenvalue weighted by Crippen LogP contribution is 2.22. The molecule has 0 saturated carbocycles. The first-order valence-corrected chi connectivity index (χ1v) is 5.31. The van der Waals surface area contributed by atoms with Crippen molar-refractivity contribution in [2.45, 2.75) is 37.6 Å². The first kappa shape index (κ1) is 14.3. The number of methoxy groups -OCH3 is 2. The molecule has 1 aliphatic rings. The second-order valence-electron chi connectivity index (χ2n) is 3.94. The predicted molar refractivity (Wildman–Crippen MR) is 57.2 cm³/mol. The molecule has 1 heterocycles. The lowest BCUT2D eigenvalue weighted by molar-refractivity contribution is -0.259. The molecule has 0 aromatic rings. The van der Waals surface area contributed by atoms with Crippen LogP contribution >= 0.6 is 0 Å². The van der Waals surface area contributed by atoms with Gasteiger partial charge in [-0.2, -0.15) is 0 Å². The topological polar surface area (TPSA) is 97.2 Å². The molecule has 7 heteroatoms. The molecule has 0 radical (unpaired) electrons. The summed E-state index contributed by atoms with van der Waals surface area (Å²) in [6.45, 7) is 1.44. The number of nitrogens with one attached hydrogen (secondary N) is 1. The lowest BCUT2D eigenvalue weighted by Crippen LogP contribution is -2.64. The van der Waals surface area contributed by atoms with Crippen LogP contribution in [0.3, 0.4) is 0 Å². The van der Waals surface area contributed by atoms with Crippen LogP contribution in [0.5, 0.6) is 0 Å². The largest absolute Gasteiger partial charge is 0.388 e. The van der Waals surface area contributed by atoms with Crippen LogP contribution in [-0.2, 0) is 19.0 Å². The van der Waals surface area contributed by atoms with Gasteiger partial charge in [0.25, 0.3) is 0 Å². The highest BCUT2D eigenvalue weighted by Gasteiger charge is 2.45. The Bertz CT molecular complexity index is 261. The monoisotopic (exact) mass is 249 g/mol. The van der Waals surface area contributed by atoms with Crippen molar-refractivity contribution in [3.05, 3.63) is 0 Å². The summed E-state index contributed by atoms with van der Waals surface area (Å²) >= 11 is 0. The Morgan fingerprint density at radius 2 is 2.06 bits per heavy atom. The van der Waals surface area contributed by atoms with Crippen LogP contribution in [0.2, 0.25) is 0 Å². The molecular formula is C10H19NO6. The molecule has 0 spiro atoms. The summed E-state index contributed by atoms with van der Waals surface area (Å²) in [4.78, 5) is 11.0. The van der Waals surface area contributed by atoms with E-state index in [1.54, 1.807) is 0 Å². The quantitative estimate of drug-likeness (QED) is 0.545. The third kappa shape index (κ3) is 3.36. The maximum absolute atomic E-state index is 11.0. The number of amides is 1. The molecule has 17 heavy (non-hydrogen) atoms. The number of rotatable bonds is 4. The van der Waals surface area contributed by atoms with E-state index < -0.39 is 30.6 Å². The maximum atomic E-state index is 11.0. The second-order valence-corrected chi connectivity index (χ2v) is 3.94. The molecule has 3 N–H and O–H groups in total. The van der Waals surface area contributed by atoms with Gasteiger partial charge in [-0.3, -0.25) is 4.79 Å². The van der Waals surface area contributed by atoms with Crippen LogP contribution in [-0.4, -0.2) is 67.6 Å². The number of hydrogen-bond donors (Lipinski definition) is 3. The smallest absolute Gasteiger partial charge is 0.217 e. The van der Waals surface area contributed by atoms with Crippen LogP contribution < -0.4 is 5.32 Å². The minimum absolute atomic E-state index is 0.130. The zero-order valence-electron chi connectivity index (χ0n) is 10.1. The Morgan fingerprint density at radius 3 is 2.53 bits per heavy atom. The van der Waals surface area contributed by atoms with Crippen LogP contribution in [0.15, 0.2) is 0 Å². The normalized spacial score (nSPS) is 37.8. The first-order valence-electron chi connectivity index (χ1n) is 5.31. The highest BCUT2D eigenvalue weighted by atomic mass is 16.6. The molecule has 1 saturated heterocycles. The van der Waals surface area contributed by atoms with Gasteiger partial charge in [-0.1, -0.05) is 0 Å². The third-order valence-corrected chi connectivity index (χ3v) is 2.67. The van der Waals surface area contributed by atoms with Crippen molar-refractivity contribution < 1.29 is 29.2 Å². The molecule has 1 fully saturated rings. The predicted octanol–water partition coefficient (Wildman–Crippen LogP) is -1.77. The third-order valence-electron chi connectivity index (χ3n) is 2.67. The van der Waals surface area contributed by atoms with Crippen LogP contribution in [0.25, 0.3) is 0 Å². The van der Waals surface area contributed by atoms with Gasteiger partial charge < -0.3 is 29.7 Å². The molecule has 1 amide bonds. The molecule has 1 rings (SSSR count). The lowest BCUT2D eigenvalue weighted by Gasteiger charge is -2.42. The van der Waals surface area contributed by atoms with Crippen molar-refractivity contribution in [3.8, 4) is 0 Å². The van der Waals surface area contributed by atoms with Gasteiger partial charge in [0.2, 0.25) is 5.91 Å². The minimum atomic E-state index is -1.24. The molecule has 7 nitrogen and oxygen atoms in total. The van der Waals surface area contributed by atoms with E-state index in [2.05, 4.69) is 5.32 Å². The SMILES string of the molecule is COC[C@@H]1O[C@H](O)[C@H](NC(C)=O)[C@@H](OC)[C@@H]1O. The van der Waals surface area contributed by atoms with Gasteiger partial charge in [-0.05, 0) is 0 Å². The summed E-state index contributed by atoms with van der Waals surface area (Å²) in [5.41, 5.74) is 0.